The van der Waals surface area contributed by atoms with Crippen LogP contribution in [-0.2, 0) is 11.8 Å². The molecule has 3 heterocycles. The van der Waals surface area contributed by atoms with E-state index in [1.807, 2.05) is 0 Å². The van der Waals surface area contributed by atoms with Crippen molar-refractivity contribution in [1.82, 2.24) is 0 Å². The molecule has 3 nitrogen and oxygen atoms in total. The molecule has 0 radical (unpaired) electrons. The molecule has 0 amide bonds. The van der Waals surface area contributed by atoms with Gasteiger partial charge in [-0.1, -0.05) is 95.6 Å². The van der Waals surface area contributed by atoms with Crippen LogP contribution in [0.5, 0.6) is 0 Å². The molecule has 3 unspecified atom stereocenters. The fourth-order valence-electron chi connectivity index (χ4n) is 9.19. The second kappa shape index (κ2) is 11.3. The molecule has 0 aliphatic carbocycles. The van der Waals surface area contributed by atoms with Crippen molar-refractivity contribution in [3.8, 4) is 11.1 Å². The Morgan fingerprint density at radius 3 is 2.23 bits per heavy atom. The van der Waals surface area contributed by atoms with Gasteiger partial charge in [0.1, 0.15) is 17.3 Å². The van der Waals surface area contributed by atoms with Crippen LogP contribution >= 0.6 is 0 Å². The molecule has 1 aromatic heterocycles. The number of fused-ring (bicyclic) bond motifs is 8. The molecule has 0 saturated heterocycles. The standard InChI is InChI=1S/C45H48N2O/c1-8-11-15-31-20-23-41-36(27-31)35-17-14-16-34(42(35)48-41)32-21-22-39-40(28-32)47-38-19-13-12-18-37(38)44(6,9-2)45(7,10-3)43(47)46(39)33-25-29(4)24-30(5)26-33/h12-14,16-28,43H,8-11,15H2,1-7H3. The van der Waals surface area contributed by atoms with Crippen molar-refractivity contribution in [3.05, 3.63) is 119 Å². The summed E-state index contributed by atoms with van der Waals surface area (Å²) in [5.41, 5.74) is 14.8. The van der Waals surface area contributed by atoms with Gasteiger partial charge in [-0.2, -0.15) is 0 Å². The number of hydrogen-bond donors (Lipinski definition) is 0. The van der Waals surface area contributed by atoms with E-state index in [4.69, 9.17) is 4.42 Å². The summed E-state index contributed by atoms with van der Waals surface area (Å²) in [5, 5.41) is 2.40. The van der Waals surface area contributed by atoms with Gasteiger partial charge in [0.15, 0.2) is 0 Å². The Morgan fingerprint density at radius 2 is 1.48 bits per heavy atom. The van der Waals surface area contributed by atoms with E-state index in [-0.39, 0.29) is 17.0 Å². The van der Waals surface area contributed by atoms with Gasteiger partial charge in [0.25, 0.3) is 0 Å². The second-order valence-corrected chi connectivity index (χ2v) is 14.9. The van der Waals surface area contributed by atoms with Gasteiger partial charge in [-0.25, -0.2) is 0 Å². The minimum Gasteiger partial charge on any atom is -0.455 e. The highest BCUT2D eigenvalue weighted by atomic mass is 16.3. The molecular weight excluding hydrogens is 585 g/mol. The topological polar surface area (TPSA) is 19.6 Å². The van der Waals surface area contributed by atoms with E-state index in [0.29, 0.717) is 0 Å². The summed E-state index contributed by atoms with van der Waals surface area (Å²) in [6, 6.07) is 36.7. The molecule has 2 aliphatic heterocycles. The molecule has 5 aromatic carbocycles. The first-order chi connectivity index (χ1) is 23.2. The third kappa shape index (κ3) is 4.32. The highest BCUT2D eigenvalue weighted by Crippen LogP contribution is 2.64. The molecule has 3 atom stereocenters. The maximum absolute atomic E-state index is 6.66. The minimum atomic E-state index is -0.0405. The number of anilines is 4. The number of unbranched alkanes of at least 4 members (excludes halogenated alkanes) is 1. The molecule has 244 valence electrons. The molecule has 0 fully saturated rings. The van der Waals surface area contributed by atoms with E-state index >= 15 is 0 Å². The number of benzene rings is 5. The van der Waals surface area contributed by atoms with Crippen LogP contribution in [0.4, 0.5) is 22.7 Å². The summed E-state index contributed by atoms with van der Waals surface area (Å²) in [4.78, 5) is 5.33. The first-order valence-corrected chi connectivity index (χ1v) is 18.1. The van der Waals surface area contributed by atoms with Gasteiger partial charge in [0.2, 0.25) is 0 Å². The number of nitrogens with zero attached hydrogens (tertiary/aromatic N) is 2. The first-order valence-electron chi connectivity index (χ1n) is 18.1. The molecule has 0 N–H and O–H groups in total. The van der Waals surface area contributed by atoms with Gasteiger partial charge < -0.3 is 14.2 Å². The van der Waals surface area contributed by atoms with Crippen molar-refractivity contribution in [2.24, 2.45) is 5.41 Å². The highest BCUT2D eigenvalue weighted by Gasteiger charge is 2.60. The summed E-state index contributed by atoms with van der Waals surface area (Å²) in [7, 11) is 0. The Morgan fingerprint density at radius 1 is 0.688 bits per heavy atom. The Labute approximate surface area is 286 Å². The third-order valence-electron chi connectivity index (χ3n) is 12.2. The minimum absolute atomic E-state index is 0.00263. The normalized spacial score (nSPS) is 21.5. The van der Waals surface area contributed by atoms with Crippen LogP contribution < -0.4 is 9.80 Å². The lowest BCUT2D eigenvalue weighted by molar-refractivity contribution is 0.0966. The molecule has 8 rings (SSSR count). The zero-order chi connectivity index (χ0) is 33.4. The Balaban J connectivity index is 1.37. The van der Waals surface area contributed by atoms with E-state index in [1.165, 1.54) is 74.2 Å². The Kier molecular flexibility index (Phi) is 7.25. The summed E-state index contributed by atoms with van der Waals surface area (Å²) in [5.74, 6) is 0. The maximum Gasteiger partial charge on any atom is 0.143 e. The van der Waals surface area contributed by atoms with Crippen LogP contribution in [0, 0.1) is 19.3 Å². The summed E-state index contributed by atoms with van der Waals surface area (Å²) in [6.07, 6.45) is 5.77. The van der Waals surface area contributed by atoms with Gasteiger partial charge in [-0.15, -0.1) is 0 Å². The average molecular weight is 633 g/mol. The van der Waals surface area contributed by atoms with E-state index in [9.17, 15) is 0 Å². The monoisotopic (exact) mass is 632 g/mol. The first kappa shape index (κ1) is 30.8. The zero-order valence-electron chi connectivity index (χ0n) is 29.7. The highest BCUT2D eigenvalue weighted by molar-refractivity contribution is 6.10. The SMILES string of the molecule is CCCCc1ccc2oc3c(-c4ccc5c(c4)N4c6ccccc6C(C)(CC)C(C)(CC)C4N5c4cc(C)cc(C)c4)cccc3c2c1. The molecule has 0 spiro atoms. The van der Waals surface area contributed by atoms with Crippen LogP contribution in [0.15, 0.2) is 101 Å². The lowest BCUT2D eigenvalue weighted by Crippen LogP contribution is -2.62. The van der Waals surface area contributed by atoms with Crippen LogP contribution in [0.2, 0.25) is 0 Å². The third-order valence-corrected chi connectivity index (χ3v) is 12.2. The van der Waals surface area contributed by atoms with Crippen LogP contribution in [0.1, 0.15) is 82.6 Å². The summed E-state index contributed by atoms with van der Waals surface area (Å²) < 4.78 is 6.66. The summed E-state index contributed by atoms with van der Waals surface area (Å²) in [6.45, 7) is 16.5. The van der Waals surface area contributed by atoms with Gasteiger partial charge in [-0.3, -0.25) is 0 Å². The van der Waals surface area contributed by atoms with Gasteiger partial charge >= 0.3 is 0 Å². The van der Waals surface area contributed by atoms with Crippen molar-refractivity contribution < 1.29 is 4.42 Å². The van der Waals surface area contributed by atoms with E-state index in [2.05, 4.69) is 155 Å². The van der Waals surface area contributed by atoms with E-state index in [1.54, 1.807) is 0 Å². The number of rotatable bonds is 7. The predicted octanol–water partition coefficient (Wildman–Crippen LogP) is 12.9. The molecule has 6 aromatic rings. The molecule has 2 aliphatic rings. The van der Waals surface area contributed by atoms with Crippen molar-refractivity contribution in [1.29, 1.82) is 0 Å². The summed E-state index contributed by atoms with van der Waals surface area (Å²) >= 11 is 0. The average Bonchev–Trinajstić information content (AvgIpc) is 3.65. The van der Waals surface area contributed by atoms with Crippen molar-refractivity contribution >= 4 is 44.7 Å². The second-order valence-electron chi connectivity index (χ2n) is 14.9. The fraction of sp³-hybridized carbons (Fsp3) is 0.333. The molecule has 0 saturated carbocycles. The Hall–Kier alpha value is -4.50. The quantitative estimate of drug-likeness (QED) is 0.175. The molecule has 3 heteroatoms. The lowest BCUT2D eigenvalue weighted by atomic mass is 9.55. The van der Waals surface area contributed by atoms with Crippen molar-refractivity contribution in [3.63, 3.8) is 0 Å². The Bertz CT molecular complexity index is 2170. The van der Waals surface area contributed by atoms with Gasteiger partial charge in [0.05, 0.1) is 11.4 Å². The number of para-hydroxylation sites is 2. The fourth-order valence-corrected chi connectivity index (χ4v) is 9.19. The maximum atomic E-state index is 6.66. The number of furan rings is 1. The van der Waals surface area contributed by atoms with Crippen LogP contribution in [0.25, 0.3) is 33.1 Å². The number of aryl methyl sites for hydroxylation is 3. The largest absolute Gasteiger partial charge is 0.455 e. The van der Waals surface area contributed by atoms with Crippen molar-refractivity contribution in [2.45, 2.75) is 92.2 Å². The molecule has 48 heavy (non-hydrogen) atoms. The van der Waals surface area contributed by atoms with Gasteiger partial charge in [-0.05, 0) is 110 Å². The van der Waals surface area contributed by atoms with Crippen LogP contribution in [0.3, 0.4) is 0 Å². The predicted molar refractivity (Wildman–Crippen MR) is 204 cm³/mol. The van der Waals surface area contributed by atoms with Crippen LogP contribution in [-0.4, -0.2) is 6.17 Å². The van der Waals surface area contributed by atoms with Crippen molar-refractivity contribution in [2.75, 3.05) is 9.80 Å². The lowest BCUT2D eigenvalue weighted by Gasteiger charge is -2.59. The number of hydrogen-bond acceptors (Lipinski definition) is 3. The van der Waals surface area contributed by atoms with Gasteiger partial charge in [0, 0.05) is 38.5 Å². The smallest absolute Gasteiger partial charge is 0.143 e. The van der Waals surface area contributed by atoms with E-state index < -0.39 is 0 Å². The zero-order valence-corrected chi connectivity index (χ0v) is 29.7. The molecule has 0 bridgehead atoms. The molecular formula is C45H48N2O. The van der Waals surface area contributed by atoms with E-state index in [0.717, 1.165) is 36.0 Å².